The van der Waals surface area contributed by atoms with Crippen LogP contribution in [0.15, 0.2) is 34.1 Å². The number of carbonyl (C=O) groups excluding carboxylic acids is 2. The number of hydrogen-bond donors (Lipinski definition) is 3. The van der Waals surface area contributed by atoms with Gasteiger partial charge in [0.2, 0.25) is 5.91 Å². The summed E-state index contributed by atoms with van der Waals surface area (Å²) in [6, 6.07) is 3.56. The Kier molecular flexibility index (Phi) is 5.05. The predicted octanol–water partition coefficient (Wildman–Crippen LogP) is 1.22. The maximum Gasteiger partial charge on any atom is 0.308 e. The van der Waals surface area contributed by atoms with Gasteiger partial charge in [0.1, 0.15) is 5.75 Å². The Morgan fingerprint density at radius 3 is 1.85 bits per heavy atom. The van der Waals surface area contributed by atoms with Crippen LogP contribution >= 0.6 is 0 Å². The average molecular weight is 403 g/mol. The molecule has 0 radical (unpaired) electrons. The number of rotatable bonds is 4. The number of esters is 1. The van der Waals surface area contributed by atoms with Gasteiger partial charge in [0.15, 0.2) is 0 Å². The number of benzene rings is 2. The second-order valence-corrected chi connectivity index (χ2v) is 8.06. The number of anilines is 1. The third-order valence-corrected chi connectivity index (χ3v) is 4.78. The molecule has 10 nitrogen and oxygen atoms in total. The van der Waals surface area contributed by atoms with Gasteiger partial charge in [-0.15, -0.1) is 0 Å². The molecule has 0 bridgehead atoms. The normalized spacial score (nSPS) is 12.0. The van der Waals surface area contributed by atoms with E-state index in [4.69, 9.17) is 4.74 Å². The third kappa shape index (κ3) is 4.35. The maximum absolute atomic E-state index is 11.4. The zero-order valence-corrected chi connectivity index (χ0v) is 15.0. The van der Waals surface area contributed by atoms with Gasteiger partial charge in [0.05, 0.1) is 15.5 Å². The van der Waals surface area contributed by atoms with E-state index in [1.807, 2.05) is 0 Å². The molecule has 0 atom stereocenters. The largest absolute Gasteiger partial charge is 0.426 e. The molecule has 3 N–H and O–H groups in total. The fourth-order valence-corrected chi connectivity index (χ4v) is 3.32. The summed E-state index contributed by atoms with van der Waals surface area (Å²) in [5.41, 5.74) is -0.152. The summed E-state index contributed by atoms with van der Waals surface area (Å²) in [6.07, 6.45) is 0. The van der Waals surface area contributed by atoms with E-state index in [0.29, 0.717) is 0 Å². The van der Waals surface area contributed by atoms with Crippen molar-refractivity contribution in [3.63, 3.8) is 0 Å². The summed E-state index contributed by atoms with van der Waals surface area (Å²) >= 11 is 0. The molecule has 0 aromatic heterocycles. The number of amides is 1. The molecule has 2 aromatic carbocycles. The van der Waals surface area contributed by atoms with Gasteiger partial charge in [0.25, 0.3) is 20.2 Å². The predicted molar refractivity (Wildman–Crippen MR) is 89.2 cm³/mol. The lowest BCUT2D eigenvalue weighted by Gasteiger charge is -2.14. The van der Waals surface area contributed by atoms with Gasteiger partial charge in [-0.1, -0.05) is 0 Å². The minimum absolute atomic E-state index is 0.00444. The lowest BCUT2D eigenvalue weighted by Crippen LogP contribution is -2.10. The monoisotopic (exact) mass is 403 g/mol. The molecule has 0 aliphatic rings. The second-order valence-electron chi connectivity index (χ2n) is 5.22. The average Bonchev–Trinajstić information content (AvgIpc) is 2.43. The van der Waals surface area contributed by atoms with Crippen molar-refractivity contribution in [1.82, 2.24) is 0 Å². The first-order valence-corrected chi connectivity index (χ1v) is 9.70. The molecule has 0 fully saturated rings. The highest BCUT2D eigenvalue weighted by atomic mass is 32.2. The number of carbonyl (C=O) groups is 2. The third-order valence-electron chi connectivity index (χ3n) is 3.12. The van der Waals surface area contributed by atoms with Gasteiger partial charge >= 0.3 is 5.97 Å². The molecule has 1 amide bonds. The fourth-order valence-electron chi connectivity index (χ4n) is 2.24. The van der Waals surface area contributed by atoms with Gasteiger partial charge in [-0.2, -0.15) is 16.8 Å². The van der Waals surface area contributed by atoms with Crippen molar-refractivity contribution in [3.05, 3.63) is 24.3 Å². The molecule has 140 valence electrons. The number of fused-ring (bicyclic) bond motifs is 1. The van der Waals surface area contributed by atoms with Crippen molar-refractivity contribution < 1.29 is 40.3 Å². The summed E-state index contributed by atoms with van der Waals surface area (Å²) in [7, 11) is -9.44. The zero-order chi connectivity index (χ0) is 19.9. The lowest BCUT2D eigenvalue weighted by atomic mass is 10.1. The van der Waals surface area contributed by atoms with Crippen molar-refractivity contribution in [2.75, 3.05) is 5.32 Å². The van der Waals surface area contributed by atoms with Crippen LogP contribution in [0.4, 0.5) is 5.69 Å². The fraction of sp³-hybridized carbons (Fsp3) is 0.143. The Hall–Kier alpha value is -2.54. The first-order chi connectivity index (χ1) is 11.8. The molecule has 0 unspecified atom stereocenters. The Morgan fingerprint density at radius 2 is 1.42 bits per heavy atom. The standard InChI is InChI=1S/C14H13NO9S2/c1-7(16)15-12-5-10(25(18,19)20)3-9-4-11(26(21,22)23)6-13(14(9)12)24-8(2)17/h3-6H,1-2H3,(H,15,16)(H,18,19,20)(H,21,22,23). The van der Waals surface area contributed by atoms with Crippen LogP contribution in [0.1, 0.15) is 13.8 Å². The van der Waals surface area contributed by atoms with Crippen LogP contribution in [-0.4, -0.2) is 37.8 Å². The smallest absolute Gasteiger partial charge is 0.308 e. The Bertz CT molecular complexity index is 1050. The lowest BCUT2D eigenvalue weighted by molar-refractivity contribution is -0.131. The van der Waals surface area contributed by atoms with E-state index in [9.17, 15) is 35.5 Å². The first kappa shape index (κ1) is 19.8. The van der Waals surface area contributed by atoms with E-state index in [-0.39, 0.29) is 22.2 Å². The van der Waals surface area contributed by atoms with Gasteiger partial charge in [-0.25, -0.2) is 0 Å². The maximum atomic E-state index is 11.4. The topological polar surface area (TPSA) is 164 Å². The quantitative estimate of drug-likeness (QED) is 0.386. The molecule has 0 saturated heterocycles. The van der Waals surface area contributed by atoms with E-state index in [1.165, 1.54) is 0 Å². The first-order valence-electron chi connectivity index (χ1n) is 6.82. The van der Waals surface area contributed by atoms with Gasteiger partial charge < -0.3 is 10.1 Å². The molecular formula is C14H13NO9S2. The Balaban J connectivity index is 3.01. The highest BCUT2D eigenvalue weighted by molar-refractivity contribution is 7.86. The van der Waals surface area contributed by atoms with E-state index in [2.05, 4.69) is 5.32 Å². The number of nitrogens with one attached hydrogen (secondary N) is 1. The zero-order valence-electron chi connectivity index (χ0n) is 13.4. The number of ether oxygens (including phenoxy) is 1. The summed E-state index contributed by atoms with van der Waals surface area (Å²) in [6.45, 7) is 2.17. The van der Waals surface area contributed by atoms with Crippen LogP contribution in [0.3, 0.4) is 0 Å². The highest BCUT2D eigenvalue weighted by Crippen LogP contribution is 2.37. The minimum Gasteiger partial charge on any atom is -0.426 e. The molecule has 2 aromatic rings. The van der Waals surface area contributed by atoms with Crippen LogP contribution in [-0.2, 0) is 29.8 Å². The summed E-state index contributed by atoms with van der Waals surface area (Å²) in [5, 5.41) is 2.18. The van der Waals surface area contributed by atoms with Gasteiger partial charge in [-0.3, -0.25) is 18.7 Å². The Labute approximate surface area is 148 Å². The van der Waals surface area contributed by atoms with Crippen molar-refractivity contribution in [2.45, 2.75) is 23.6 Å². The van der Waals surface area contributed by atoms with E-state index in [0.717, 1.165) is 38.1 Å². The molecule has 2 rings (SSSR count). The Morgan fingerprint density at radius 1 is 0.923 bits per heavy atom. The van der Waals surface area contributed by atoms with Crippen LogP contribution < -0.4 is 10.1 Å². The van der Waals surface area contributed by atoms with Crippen LogP contribution in [0.25, 0.3) is 10.8 Å². The SMILES string of the molecule is CC(=O)Nc1cc(S(=O)(=O)O)cc2cc(S(=O)(=O)O)cc(OC(C)=O)c12. The minimum atomic E-state index is -4.73. The molecule has 0 aliphatic carbocycles. The molecule has 0 heterocycles. The molecular weight excluding hydrogens is 390 g/mol. The second kappa shape index (κ2) is 6.64. The highest BCUT2D eigenvalue weighted by Gasteiger charge is 2.21. The van der Waals surface area contributed by atoms with Crippen LogP contribution in [0.5, 0.6) is 5.75 Å². The molecule has 0 spiro atoms. The molecule has 12 heteroatoms. The summed E-state index contributed by atoms with van der Waals surface area (Å²) in [5.74, 6) is -1.77. The summed E-state index contributed by atoms with van der Waals surface area (Å²) in [4.78, 5) is 21.4. The summed E-state index contributed by atoms with van der Waals surface area (Å²) < 4.78 is 69.2. The van der Waals surface area contributed by atoms with Crippen molar-refractivity contribution in [2.24, 2.45) is 0 Å². The number of hydrogen-bond acceptors (Lipinski definition) is 7. The van der Waals surface area contributed by atoms with Crippen molar-refractivity contribution >= 4 is 48.6 Å². The van der Waals surface area contributed by atoms with E-state index in [1.54, 1.807) is 0 Å². The van der Waals surface area contributed by atoms with E-state index >= 15 is 0 Å². The van der Waals surface area contributed by atoms with Gasteiger partial charge in [0, 0.05) is 25.3 Å². The van der Waals surface area contributed by atoms with Gasteiger partial charge in [-0.05, 0) is 23.6 Å². The van der Waals surface area contributed by atoms with Crippen LogP contribution in [0.2, 0.25) is 0 Å². The molecule has 0 aliphatic heterocycles. The van der Waals surface area contributed by atoms with E-state index < -0.39 is 41.9 Å². The molecule has 0 saturated carbocycles. The molecule has 26 heavy (non-hydrogen) atoms. The van der Waals surface area contributed by atoms with Crippen LogP contribution in [0, 0.1) is 0 Å². The van der Waals surface area contributed by atoms with Crippen molar-refractivity contribution in [1.29, 1.82) is 0 Å². The van der Waals surface area contributed by atoms with Crippen molar-refractivity contribution in [3.8, 4) is 5.75 Å².